The van der Waals surface area contributed by atoms with Crippen LogP contribution in [-0.4, -0.2) is 34.1 Å². The van der Waals surface area contributed by atoms with Gasteiger partial charge in [-0.05, 0) is 6.92 Å². The zero-order valence-electron chi connectivity index (χ0n) is 8.17. The molecule has 0 radical (unpaired) electrons. The maximum absolute atomic E-state index is 12.7. The van der Waals surface area contributed by atoms with Crippen molar-refractivity contribution in [1.82, 2.24) is 9.97 Å². The van der Waals surface area contributed by atoms with E-state index in [1.165, 1.54) is 6.07 Å². The zero-order valence-corrected chi connectivity index (χ0v) is 8.17. The van der Waals surface area contributed by atoms with Crippen molar-refractivity contribution in [3.63, 3.8) is 0 Å². The first-order valence-corrected chi connectivity index (χ1v) is 4.27. The van der Waals surface area contributed by atoms with Gasteiger partial charge in [0.05, 0.1) is 6.54 Å². The lowest BCUT2D eigenvalue weighted by Crippen LogP contribution is -2.31. The van der Waals surface area contributed by atoms with Crippen LogP contribution in [0.3, 0.4) is 0 Å². The van der Waals surface area contributed by atoms with Gasteiger partial charge in [-0.15, -0.1) is 0 Å². The molecule has 1 heterocycles. The molecule has 0 bridgehead atoms. The van der Waals surface area contributed by atoms with Crippen LogP contribution in [0.5, 0.6) is 0 Å². The van der Waals surface area contributed by atoms with Gasteiger partial charge in [-0.2, -0.15) is 0 Å². The number of nitrogen functional groups attached to an aromatic ring is 1. The molecule has 0 atom stereocenters. The Bertz CT molecular complexity index is 325. The largest absolute Gasteiger partial charge is 0.390 e. The summed E-state index contributed by atoms with van der Waals surface area (Å²) in [4.78, 5) is 7.64. The number of halogens is 2. The van der Waals surface area contributed by atoms with E-state index >= 15 is 0 Å². The Morgan fingerprint density at radius 2 is 2.20 bits per heavy atom. The standard InChI is InChI=1S/C8H12F2N4O/c1-5-13-6(11)2-7(14-5)12-3-8(9,10)4-15/h2,15H,3-4H2,1H3,(H3,11,12,13,14). The van der Waals surface area contributed by atoms with Crippen LogP contribution < -0.4 is 11.1 Å². The molecule has 4 N–H and O–H groups in total. The number of alkyl halides is 2. The second-order valence-electron chi connectivity index (χ2n) is 3.09. The fourth-order valence-electron chi connectivity index (χ4n) is 0.957. The number of aliphatic hydroxyl groups excluding tert-OH is 1. The molecule has 1 aromatic heterocycles. The molecule has 1 aromatic rings. The summed E-state index contributed by atoms with van der Waals surface area (Å²) in [6.07, 6.45) is 0. The predicted molar refractivity (Wildman–Crippen MR) is 51.7 cm³/mol. The average Bonchev–Trinajstić information content (AvgIpc) is 2.14. The van der Waals surface area contributed by atoms with Gasteiger partial charge < -0.3 is 16.2 Å². The van der Waals surface area contributed by atoms with E-state index in [0.717, 1.165) is 0 Å². The Hall–Kier alpha value is -1.50. The molecule has 0 unspecified atom stereocenters. The topological polar surface area (TPSA) is 84.1 Å². The molecule has 0 saturated heterocycles. The number of nitrogens with two attached hydrogens (primary N) is 1. The van der Waals surface area contributed by atoms with Crippen molar-refractivity contribution in [2.75, 3.05) is 24.2 Å². The number of nitrogens with one attached hydrogen (secondary N) is 1. The van der Waals surface area contributed by atoms with E-state index in [-0.39, 0.29) is 11.6 Å². The van der Waals surface area contributed by atoms with E-state index in [9.17, 15) is 8.78 Å². The Labute approximate surface area is 85.3 Å². The number of hydrogen-bond donors (Lipinski definition) is 3. The highest BCUT2D eigenvalue weighted by Crippen LogP contribution is 2.14. The van der Waals surface area contributed by atoms with Crippen molar-refractivity contribution in [1.29, 1.82) is 0 Å². The maximum Gasteiger partial charge on any atom is 0.287 e. The third kappa shape index (κ3) is 3.62. The summed E-state index contributed by atoms with van der Waals surface area (Å²) in [5, 5.41) is 10.7. The van der Waals surface area contributed by atoms with E-state index in [4.69, 9.17) is 10.8 Å². The van der Waals surface area contributed by atoms with Crippen molar-refractivity contribution < 1.29 is 13.9 Å². The average molecular weight is 218 g/mol. The summed E-state index contributed by atoms with van der Waals surface area (Å²) in [5.74, 6) is -2.36. The summed E-state index contributed by atoms with van der Waals surface area (Å²) in [5.41, 5.74) is 5.40. The van der Waals surface area contributed by atoms with E-state index in [0.29, 0.717) is 5.82 Å². The minimum Gasteiger partial charge on any atom is -0.390 e. The van der Waals surface area contributed by atoms with Crippen LogP contribution in [0.4, 0.5) is 20.4 Å². The Morgan fingerprint density at radius 1 is 1.53 bits per heavy atom. The maximum atomic E-state index is 12.7. The summed E-state index contributed by atoms with van der Waals surface area (Å²) in [6.45, 7) is -0.301. The van der Waals surface area contributed by atoms with Crippen molar-refractivity contribution in [3.05, 3.63) is 11.9 Å². The van der Waals surface area contributed by atoms with Gasteiger partial charge in [-0.1, -0.05) is 0 Å². The number of rotatable bonds is 4. The monoisotopic (exact) mass is 218 g/mol. The first-order valence-electron chi connectivity index (χ1n) is 4.27. The van der Waals surface area contributed by atoms with Gasteiger partial charge >= 0.3 is 0 Å². The fourth-order valence-corrected chi connectivity index (χ4v) is 0.957. The molecule has 0 spiro atoms. The van der Waals surface area contributed by atoms with Crippen LogP contribution in [0, 0.1) is 6.92 Å². The third-order valence-corrected chi connectivity index (χ3v) is 1.62. The highest BCUT2D eigenvalue weighted by atomic mass is 19.3. The minimum absolute atomic E-state index is 0.206. The quantitative estimate of drug-likeness (QED) is 0.681. The number of aliphatic hydroxyl groups is 1. The molecule has 0 saturated carbocycles. The molecule has 0 aliphatic heterocycles. The van der Waals surface area contributed by atoms with Gasteiger partial charge in [-0.3, -0.25) is 0 Å². The highest BCUT2D eigenvalue weighted by Gasteiger charge is 2.27. The molecule has 0 aliphatic carbocycles. The summed E-state index contributed by atoms with van der Waals surface area (Å²) >= 11 is 0. The lowest BCUT2D eigenvalue weighted by molar-refractivity contribution is -0.0373. The lowest BCUT2D eigenvalue weighted by Gasteiger charge is -2.14. The van der Waals surface area contributed by atoms with Crippen molar-refractivity contribution in [2.24, 2.45) is 0 Å². The highest BCUT2D eigenvalue weighted by molar-refractivity contribution is 5.44. The number of nitrogens with zero attached hydrogens (tertiary/aromatic N) is 2. The molecule has 5 nitrogen and oxygen atoms in total. The molecule has 1 rings (SSSR count). The number of aromatic nitrogens is 2. The summed E-state index contributed by atoms with van der Waals surface area (Å²) in [7, 11) is 0. The van der Waals surface area contributed by atoms with Gasteiger partial charge in [0.1, 0.15) is 24.1 Å². The van der Waals surface area contributed by atoms with Gasteiger partial charge in [0, 0.05) is 6.07 Å². The normalized spacial score (nSPS) is 11.5. The van der Waals surface area contributed by atoms with Gasteiger partial charge in [0.15, 0.2) is 0 Å². The van der Waals surface area contributed by atoms with E-state index < -0.39 is 19.1 Å². The first-order chi connectivity index (χ1) is 6.93. The van der Waals surface area contributed by atoms with Crippen molar-refractivity contribution >= 4 is 11.6 Å². The Morgan fingerprint density at radius 3 is 2.73 bits per heavy atom. The third-order valence-electron chi connectivity index (χ3n) is 1.62. The van der Waals surface area contributed by atoms with Gasteiger partial charge in [-0.25, -0.2) is 18.7 Å². The smallest absolute Gasteiger partial charge is 0.287 e. The zero-order chi connectivity index (χ0) is 11.5. The van der Waals surface area contributed by atoms with Crippen molar-refractivity contribution in [3.8, 4) is 0 Å². The first kappa shape index (κ1) is 11.6. The molecule has 15 heavy (non-hydrogen) atoms. The van der Waals surface area contributed by atoms with Crippen LogP contribution in [0.1, 0.15) is 5.82 Å². The van der Waals surface area contributed by atoms with Crippen LogP contribution in [0.2, 0.25) is 0 Å². The Kier molecular flexibility index (Phi) is 3.35. The molecule has 0 aliphatic rings. The lowest BCUT2D eigenvalue weighted by atomic mass is 10.3. The number of aryl methyl sites for hydroxylation is 1. The van der Waals surface area contributed by atoms with Crippen molar-refractivity contribution in [2.45, 2.75) is 12.8 Å². The SMILES string of the molecule is Cc1nc(N)cc(NCC(F)(F)CO)n1. The molecule has 0 aromatic carbocycles. The van der Waals surface area contributed by atoms with E-state index in [1.807, 2.05) is 0 Å². The van der Waals surface area contributed by atoms with Gasteiger partial charge in [0.2, 0.25) is 0 Å². The second-order valence-corrected chi connectivity index (χ2v) is 3.09. The molecule has 0 amide bonds. The Balaban J connectivity index is 2.65. The molecule has 0 fully saturated rings. The van der Waals surface area contributed by atoms with Crippen LogP contribution in [-0.2, 0) is 0 Å². The molecular weight excluding hydrogens is 206 g/mol. The number of anilines is 2. The van der Waals surface area contributed by atoms with Crippen LogP contribution in [0.25, 0.3) is 0 Å². The van der Waals surface area contributed by atoms with Gasteiger partial charge in [0.25, 0.3) is 5.92 Å². The summed E-state index contributed by atoms with van der Waals surface area (Å²) in [6, 6.07) is 1.35. The fraction of sp³-hybridized carbons (Fsp3) is 0.500. The minimum atomic E-state index is -3.17. The predicted octanol–water partition coefficient (Wildman–Crippen LogP) is 0.407. The van der Waals surface area contributed by atoms with E-state index in [1.54, 1.807) is 6.92 Å². The summed E-state index contributed by atoms with van der Waals surface area (Å²) < 4.78 is 25.3. The van der Waals surface area contributed by atoms with Crippen LogP contribution >= 0.6 is 0 Å². The molecule has 84 valence electrons. The number of hydrogen-bond acceptors (Lipinski definition) is 5. The van der Waals surface area contributed by atoms with E-state index in [2.05, 4.69) is 15.3 Å². The molecular formula is C8H12F2N4O. The van der Waals surface area contributed by atoms with Crippen LogP contribution in [0.15, 0.2) is 6.07 Å². The second kappa shape index (κ2) is 4.35. The molecule has 7 heteroatoms.